The van der Waals surface area contributed by atoms with Gasteiger partial charge < -0.3 is 20.1 Å². The van der Waals surface area contributed by atoms with Crippen LogP contribution in [0.15, 0.2) is 61.7 Å². The van der Waals surface area contributed by atoms with E-state index in [2.05, 4.69) is 23.8 Å². The fraction of sp³-hybridized carbons (Fsp3) is 0.379. The monoisotopic (exact) mass is 478 g/mol. The Morgan fingerprint density at radius 2 is 1.26 bits per heavy atom. The molecular formula is C29H38N2O4. The second-order valence-electron chi connectivity index (χ2n) is 10.0. The Kier molecular flexibility index (Phi) is 8.91. The number of hydrogen-bond acceptors (Lipinski definition) is 4. The number of carbonyl (C=O) groups excluding carboxylic acids is 2. The molecule has 0 spiro atoms. The second-order valence-corrected chi connectivity index (χ2v) is 10.0. The molecule has 0 heterocycles. The van der Waals surface area contributed by atoms with Crippen LogP contribution in [0.5, 0.6) is 0 Å². The Hall–Kier alpha value is -3.54. The first-order valence-corrected chi connectivity index (χ1v) is 11.7. The average molecular weight is 479 g/mol. The molecule has 35 heavy (non-hydrogen) atoms. The summed E-state index contributed by atoms with van der Waals surface area (Å²) in [4.78, 5) is 24.9. The van der Waals surface area contributed by atoms with Gasteiger partial charge in [-0.15, -0.1) is 0 Å². The molecule has 0 bridgehead atoms. The van der Waals surface area contributed by atoms with Crippen LogP contribution in [0, 0.1) is 0 Å². The standard InChI is InChI=1S/C29H38N2O4/c1-19(2)22-12-10-14-24(16-22)28(6,7)30-26(32)34-18-21(5)35-27(33)31-29(8,9)25-15-11-13-23(17-25)20(3)4/h10-17,21H,1,3,18H2,2,4-9H3,(H,30,32)(H,31,33). The van der Waals surface area contributed by atoms with Crippen LogP contribution < -0.4 is 10.6 Å². The highest BCUT2D eigenvalue weighted by Crippen LogP contribution is 2.25. The van der Waals surface area contributed by atoms with Gasteiger partial charge in [-0.2, -0.15) is 0 Å². The lowest BCUT2D eigenvalue weighted by Crippen LogP contribution is -2.44. The van der Waals surface area contributed by atoms with E-state index >= 15 is 0 Å². The van der Waals surface area contributed by atoms with Crippen molar-refractivity contribution in [3.8, 4) is 0 Å². The van der Waals surface area contributed by atoms with Crippen molar-refractivity contribution in [1.82, 2.24) is 10.6 Å². The molecule has 6 heteroatoms. The Morgan fingerprint density at radius 1 is 0.829 bits per heavy atom. The van der Waals surface area contributed by atoms with Gasteiger partial charge in [-0.05, 0) is 82.9 Å². The zero-order valence-corrected chi connectivity index (χ0v) is 22.0. The van der Waals surface area contributed by atoms with E-state index in [0.717, 1.165) is 33.4 Å². The van der Waals surface area contributed by atoms with Crippen LogP contribution in [0.3, 0.4) is 0 Å². The third kappa shape index (κ3) is 8.02. The van der Waals surface area contributed by atoms with Gasteiger partial charge in [0, 0.05) is 0 Å². The lowest BCUT2D eigenvalue weighted by atomic mass is 9.92. The molecule has 0 aliphatic carbocycles. The van der Waals surface area contributed by atoms with Crippen molar-refractivity contribution in [2.45, 2.75) is 65.6 Å². The predicted molar refractivity (Wildman–Crippen MR) is 142 cm³/mol. The maximum Gasteiger partial charge on any atom is 0.408 e. The van der Waals surface area contributed by atoms with Gasteiger partial charge in [0.1, 0.15) is 12.7 Å². The van der Waals surface area contributed by atoms with Crippen molar-refractivity contribution < 1.29 is 19.1 Å². The minimum atomic E-state index is -0.664. The van der Waals surface area contributed by atoms with Gasteiger partial charge in [-0.25, -0.2) is 9.59 Å². The van der Waals surface area contributed by atoms with Crippen LogP contribution in [0.1, 0.15) is 70.7 Å². The summed E-state index contributed by atoms with van der Waals surface area (Å²) in [6.45, 7) is 21.0. The van der Waals surface area contributed by atoms with E-state index in [1.54, 1.807) is 6.92 Å². The van der Waals surface area contributed by atoms with Gasteiger partial charge in [0.05, 0.1) is 11.1 Å². The Morgan fingerprint density at radius 3 is 1.69 bits per heavy atom. The number of nitrogens with one attached hydrogen (secondary N) is 2. The summed E-state index contributed by atoms with van der Waals surface area (Å²) in [5.74, 6) is 0. The second kappa shape index (κ2) is 11.3. The molecule has 0 fully saturated rings. The first-order valence-electron chi connectivity index (χ1n) is 11.7. The molecule has 0 saturated heterocycles. The summed E-state index contributed by atoms with van der Waals surface area (Å²) < 4.78 is 10.7. The molecule has 0 saturated carbocycles. The van der Waals surface area contributed by atoms with Gasteiger partial charge >= 0.3 is 12.2 Å². The molecule has 0 radical (unpaired) electrons. The first-order chi connectivity index (χ1) is 16.2. The molecule has 0 aliphatic heterocycles. The number of benzene rings is 2. The fourth-order valence-electron chi connectivity index (χ4n) is 3.48. The highest BCUT2D eigenvalue weighted by Gasteiger charge is 2.26. The summed E-state index contributed by atoms with van der Waals surface area (Å²) in [6, 6.07) is 15.7. The number of rotatable bonds is 9. The van der Waals surface area contributed by atoms with Gasteiger partial charge in [0.15, 0.2) is 0 Å². The smallest absolute Gasteiger partial charge is 0.408 e. The van der Waals surface area contributed by atoms with E-state index in [9.17, 15) is 9.59 Å². The first kappa shape index (κ1) is 27.7. The quantitative estimate of drug-likeness (QED) is 0.417. The normalized spacial score (nSPS) is 12.3. The van der Waals surface area contributed by atoms with Crippen LogP contribution in [0.25, 0.3) is 11.1 Å². The predicted octanol–water partition coefficient (Wildman–Crippen LogP) is 6.76. The number of carbonyl (C=O) groups is 2. The molecule has 2 aromatic carbocycles. The Labute approximate surface area is 209 Å². The Balaban J connectivity index is 1.89. The molecule has 1 unspecified atom stereocenters. The van der Waals surface area contributed by atoms with E-state index in [1.165, 1.54) is 0 Å². The Bertz CT molecular complexity index is 1100. The number of allylic oxidation sites excluding steroid dienone is 2. The summed E-state index contributed by atoms with van der Waals surface area (Å²) in [6.07, 6.45) is -1.82. The molecular weight excluding hydrogens is 440 g/mol. The van der Waals surface area contributed by atoms with E-state index in [1.807, 2.05) is 90.1 Å². The lowest BCUT2D eigenvalue weighted by molar-refractivity contribution is 0.0468. The van der Waals surface area contributed by atoms with E-state index in [4.69, 9.17) is 9.47 Å². The molecule has 2 amide bonds. The van der Waals surface area contributed by atoms with Crippen molar-refractivity contribution in [2.24, 2.45) is 0 Å². The number of alkyl carbamates (subject to hydrolysis) is 2. The van der Waals surface area contributed by atoms with Crippen molar-refractivity contribution in [3.05, 3.63) is 83.9 Å². The average Bonchev–Trinajstić information content (AvgIpc) is 2.77. The van der Waals surface area contributed by atoms with Crippen LogP contribution in [0.4, 0.5) is 9.59 Å². The lowest BCUT2D eigenvalue weighted by Gasteiger charge is -2.28. The molecule has 2 aromatic rings. The van der Waals surface area contributed by atoms with Crippen molar-refractivity contribution in [1.29, 1.82) is 0 Å². The van der Waals surface area contributed by atoms with Crippen LogP contribution in [0.2, 0.25) is 0 Å². The molecule has 188 valence electrons. The van der Waals surface area contributed by atoms with Crippen LogP contribution >= 0.6 is 0 Å². The minimum Gasteiger partial charge on any atom is -0.446 e. The van der Waals surface area contributed by atoms with Gasteiger partial charge in [0.25, 0.3) is 0 Å². The van der Waals surface area contributed by atoms with Gasteiger partial charge in [-0.3, -0.25) is 0 Å². The van der Waals surface area contributed by atoms with Crippen molar-refractivity contribution >= 4 is 23.3 Å². The topological polar surface area (TPSA) is 76.7 Å². The molecule has 2 N–H and O–H groups in total. The van der Waals surface area contributed by atoms with Gasteiger partial charge in [-0.1, -0.05) is 60.7 Å². The van der Waals surface area contributed by atoms with E-state index < -0.39 is 29.4 Å². The molecule has 0 aliphatic rings. The molecule has 1 atom stereocenters. The maximum absolute atomic E-state index is 12.5. The molecule has 0 aromatic heterocycles. The van der Waals surface area contributed by atoms with Crippen molar-refractivity contribution in [3.63, 3.8) is 0 Å². The summed E-state index contributed by atoms with van der Waals surface area (Å²) in [5.41, 5.74) is 4.44. The molecule has 6 nitrogen and oxygen atoms in total. The van der Waals surface area contributed by atoms with Crippen LogP contribution in [-0.4, -0.2) is 24.9 Å². The summed E-state index contributed by atoms with van der Waals surface area (Å²) in [7, 11) is 0. The summed E-state index contributed by atoms with van der Waals surface area (Å²) >= 11 is 0. The summed E-state index contributed by atoms with van der Waals surface area (Å²) in [5, 5.41) is 5.74. The number of ether oxygens (including phenoxy) is 2. The zero-order valence-electron chi connectivity index (χ0n) is 22.0. The minimum absolute atomic E-state index is 0.0767. The van der Waals surface area contributed by atoms with E-state index in [0.29, 0.717) is 0 Å². The zero-order chi connectivity index (χ0) is 26.4. The largest absolute Gasteiger partial charge is 0.446 e. The third-order valence-electron chi connectivity index (χ3n) is 5.74. The highest BCUT2D eigenvalue weighted by atomic mass is 16.6. The number of hydrogen-bond donors (Lipinski definition) is 2. The SMILES string of the molecule is C=C(C)c1cccc(C(C)(C)NC(=O)OCC(C)OC(=O)NC(C)(C)c2cccc(C(=C)C)c2)c1. The highest BCUT2D eigenvalue weighted by molar-refractivity contribution is 5.70. The van der Waals surface area contributed by atoms with Crippen LogP contribution in [-0.2, 0) is 20.6 Å². The number of amides is 2. The third-order valence-corrected chi connectivity index (χ3v) is 5.74. The van der Waals surface area contributed by atoms with Gasteiger partial charge in [0.2, 0.25) is 0 Å². The maximum atomic E-state index is 12.5. The molecule has 2 rings (SSSR count). The van der Waals surface area contributed by atoms with Crippen molar-refractivity contribution in [2.75, 3.05) is 6.61 Å². The fourth-order valence-corrected chi connectivity index (χ4v) is 3.48. The van der Waals surface area contributed by atoms with E-state index in [-0.39, 0.29) is 6.61 Å².